The highest BCUT2D eigenvalue weighted by molar-refractivity contribution is 7.82. The molecule has 0 saturated carbocycles. The fraction of sp³-hybridized carbons (Fsp3) is 0.375. The number of rotatable bonds is 1. The molecular weight excluding hydrogens is 188 g/mol. The van der Waals surface area contributed by atoms with Gasteiger partial charge in [-0.05, 0) is 19.1 Å². The number of hydrogen-bond acceptors (Lipinski definition) is 3. The molecule has 1 aliphatic rings. The van der Waals surface area contributed by atoms with Crippen LogP contribution >= 0.6 is 0 Å². The summed E-state index contributed by atoms with van der Waals surface area (Å²) in [6.45, 7) is 2.45. The molecule has 1 aromatic heterocycles. The molecule has 0 radical (unpaired) electrons. The van der Waals surface area contributed by atoms with Crippen molar-refractivity contribution in [2.45, 2.75) is 13.0 Å². The summed E-state index contributed by atoms with van der Waals surface area (Å²) in [5.74, 6) is 0.700. The van der Waals surface area contributed by atoms with Crippen molar-refractivity contribution in [3.05, 3.63) is 24.4 Å². The van der Waals surface area contributed by atoms with Gasteiger partial charge in [-0.2, -0.15) is 0 Å². The Balaban J connectivity index is 2.30. The van der Waals surface area contributed by atoms with E-state index in [0.29, 0.717) is 12.4 Å². The van der Waals surface area contributed by atoms with Gasteiger partial charge in [0.05, 0.1) is 12.6 Å². The summed E-state index contributed by atoms with van der Waals surface area (Å²) in [5, 5.41) is 0. The van der Waals surface area contributed by atoms with Crippen molar-refractivity contribution in [2.75, 3.05) is 10.9 Å². The van der Waals surface area contributed by atoms with E-state index >= 15 is 0 Å². The predicted molar refractivity (Wildman–Crippen MR) is 50.3 cm³/mol. The first-order valence-electron chi connectivity index (χ1n) is 4.04. The molecule has 0 spiro atoms. The third-order valence-corrected chi connectivity index (χ3v) is 3.05. The van der Waals surface area contributed by atoms with Crippen LogP contribution in [0.1, 0.15) is 6.92 Å². The van der Waals surface area contributed by atoms with E-state index in [0.717, 1.165) is 0 Å². The van der Waals surface area contributed by atoms with Crippen molar-refractivity contribution in [3.63, 3.8) is 0 Å². The largest absolute Gasteiger partial charge is 0.271 e. The number of hydrogen-bond donors (Lipinski definition) is 0. The predicted octanol–water partition coefficient (Wildman–Crippen LogP) is 0.885. The highest BCUT2D eigenvalue weighted by atomic mass is 32.2. The summed E-state index contributed by atoms with van der Waals surface area (Å²) >= 11 is -1.37. The Morgan fingerprint density at radius 3 is 3.08 bits per heavy atom. The highest BCUT2D eigenvalue weighted by Crippen LogP contribution is 2.21. The van der Waals surface area contributed by atoms with Crippen molar-refractivity contribution in [1.29, 1.82) is 0 Å². The molecule has 70 valence electrons. The maximum absolute atomic E-state index is 11.4. The van der Waals surface area contributed by atoms with Gasteiger partial charge in [0.25, 0.3) is 11.3 Å². The second kappa shape index (κ2) is 3.43. The zero-order valence-corrected chi connectivity index (χ0v) is 8.03. The minimum atomic E-state index is -1.37. The van der Waals surface area contributed by atoms with Crippen LogP contribution in [0.5, 0.6) is 0 Å². The zero-order valence-electron chi connectivity index (χ0n) is 7.21. The van der Waals surface area contributed by atoms with Gasteiger partial charge in [-0.25, -0.2) is 13.5 Å². The average molecular weight is 198 g/mol. The van der Waals surface area contributed by atoms with Crippen molar-refractivity contribution in [1.82, 2.24) is 4.98 Å². The Hall–Kier alpha value is -0.940. The van der Waals surface area contributed by atoms with E-state index in [2.05, 4.69) is 4.98 Å². The monoisotopic (exact) mass is 198 g/mol. The van der Waals surface area contributed by atoms with Crippen LogP contribution < -0.4 is 4.31 Å². The molecular formula is C8H10N2O2S. The summed E-state index contributed by atoms with van der Waals surface area (Å²) in [6.07, 6.45) is 1.68. The van der Waals surface area contributed by atoms with Gasteiger partial charge < -0.3 is 0 Å². The standard InChI is InChI=1S/C8H10N2O2S/c1-7-6-12-13(11)10(7)8-4-2-3-5-9-8/h2-5,7H,6H2,1H3/t7?,13-/m1/s1. The summed E-state index contributed by atoms with van der Waals surface area (Å²) in [7, 11) is 0. The van der Waals surface area contributed by atoms with Crippen molar-refractivity contribution in [3.8, 4) is 0 Å². The molecule has 5 heteroatoms. The SMILES string of the molecule is CC1CO[S@@](=O)N1c1ccccn1. The van der Waals surface area contributed by atoms with Gasteiger partial charge in [0.15, 0.2) is 0 Å². The fourth-order valence-electron chi connectivity index (χ4n) is 1.21. The van der Waals surface area contributed by atoms with E-state index in [1.54, 1.807) is 10.5 Å². The Morgan fingerprint density at radius 2 is 2.54 bits per heavy atom. The molecule has 0 bridgehead atoms. The number of nitrogens with zero attached hydrogens (tertiary/aromatic N) is 2. The molecule has 0 N–H and O–H groups in total. The average Bonchev–Trinajstić information content (AvgIpc) is 2.48. The molecule has 2 atom stereocenters. The molecule has 4 nitrogen and oxygen atoms in total. The Labute approximate surface area is 79.3 Å². The Kier molecular flexibility index (Phi) is 2.28. The normalized spacial score (nSPS) is 27.9. The third kappa shape index (κ3) is 1.57. The Bertz CT molecular complexity index is 317. The van der Waals surface area contributed by atoms with Crippen molar-refractivity contribution < 1.29 is 8.39 Å². The molecule has 2 rings (SSSR count). The molecule has 1 unspecified atom stereocenters. The summed E-state index contributed by atoms with van der Waals surface area (Å²) in [5.41, 5.74) is 0. The lowest BCUT2D eigenvalue weighted by molar-refractivity contribution is 0.366. The quantitative estimate of drug-likeness (QED) is 0.673. The van der Waals surface area contributed by atoms with E-state index in [1.165, 1.54) is 0 Å². The van der Waals surface area contributed by atoms with Crippen molar-refractivity contribution in [2.24, 2.45) is 0 Å². The molecule has 2 heterocycles. The van der Waals surface area contributed by atoms with Gasteiger partial charge in [-0.3, -0.25) is 4.18 Å². The van der Waals surface area contributed by atoms with Crippen LogP contribution in [0.3, 0.4) is 0 Å². The molecule has 1 aromatic rings. The lowest BCUT2D eigenvalue weighted by Gasteiger charge is -2.16. The van der Waals surface area contributed by atoms with Crippen molar-refractivity contribution >= 4 is 17.1 Å². The summed E-state index contributed by atoms with van der Waals surface area (Å²) < 4.78 is 18.0. The fourth-order valence-corrected chi connectivity index (χ4v) is 2.26. The lowest BCUT2D eigenvalue weighted by Crippen LogP contribution is -2.28. The second-order valence-electron chi connectivity index (χ2n) is 2.86. The van der Waals surface area contributed by atoms with Crippen LogP contribution in [0.25, 0.3) is 0 Å². The molecule has 0 aliphatic carbocycles. The van der Waals surface area contributed by atoms with Crippen LogP contribution in [-0.4, -0.2) is 21.8 Å². The van der Waals surface area contributed by atoms with E-state index in [4.69, 9.17) is 4.18 Å². The van der Waals surface area contributed by atoms with Gasteiger partial charge in [0.2, 0.25) is 0 Å². The van der Waals surface area contributed by atoms with Gasteiger partial charge in [-0.1, -0.05) is 6.07 Å². The lowest BCUT2D eigenvalue weighted by atomic mass is 10.3. The van der Waals surface area contributed by atoms with E-state index in [9.17, 15) is 4.21 Å². The summed E-state index contributed by atoms with van der Waals surface area (Å²) in [4.78, 5) is 4.11. The minimum Gasteiger partial charge on any atom is -0.271 e. The van der Waals surface area contributed by atoms with Crippen LogP contribution in [0.2, 0.25) is 0 Å². The molecule has 0 amide bonds. The van der Waals surface area contributed by atoms with Crippen LogP contribution in [0, 0.1) is 0 Å². The van der Waals surface area contributed by atoms with Gasteiger partial charge in [-0.15, -0.1) is 0 Å². The first kappa shape index (κ1) is 8.65. The summed E-state index contributed by atoms with van der Waals surface area (Å²) in [6, 6.07) is 5.64. The number of aromatic nitrogens is 1. The maximum Gasteiger partial charge on any atom is 0.266 e. The number of anilines is 1. The molecule has 1 saturated heterocycles. The van der Waals surface area contributed by atoms with E-state index in [1.807, 2.05) is 25.1 Å². The maximum atomic E-state index is 11.4. The molecule has 13 heavy (non-hydrogen) atoms. The van der Waals surface area contributed by atoms with E-state index in [-0.39, 0.29) is 6.04 Å². The topological polar surface area (TPSA) is 42.4 Å². The van der Waals surface area contributed by atoms with Gasteiger partial charge in [0.1, 0.15) is 5.82 Å². The zero-order chi connectivity index (χ0) is 9.26. The van der Waals surface area contributed by atoms with Gasteiger partial charge >= 0.3 is 0 Å². The minimum absolute atomic E-state index is 0.121. The third-order valence-electron chi connectivity index (χ3n) is 1.85. The van der Waals surface area contributed by atoms with Gasteiger partial charge in [0, 0.05) is 6.20 Å². The first-order valence-corrected chi connectivity index (χ1v) is 5.07. The number of pyridine rings is 1. The molecule has 1 fully saturated rings. The molecule has 0 aromatic carbocycles. The molecule has 1 aliphatic heterocycles. The van der Waals surface area contributed by atoms with E-state index < -0.39 is 11.3 Å². The second-order valence-corrected chi connectivity index (χ2v) is 3.93. The van der Waals surface area contributed by atoms with Crippen LogP contribution in [0.4, 0.5) is 5.82 Å². The first-order chi connectivity index (χ1) is 6.29. The Morgan fingerprint density at radius 1 is 1.69 bits per heavy atom. The highest BCUT2D eigenvalue weighted by Gasteiger charge is 2.29. The van der Waals surface area contributed by atoms with Crippen LogP contribution in [0.15, 0.2) is 24.4 Å². The van der Waals surface area contributed by atoms with Crippen LogP contribution in [-0.2, 0) is 15.4 Å². The smallest absolute Gasteiger partial charge is 0.266 e.